The van der Waals surface area contributed by atoms with Crippen LogP contribution in [0.4, 0.5) is 22.0 Å². The zero-order valence-corrected chi connectivity index (χ0v) is 13.3. The van der Waals surface area contributed by atoms with E-state index in [0.717, 1.165) is 26.2 Å². The zero-order valence-electron chi connectivity index (χ0n) is 13.3. The van der Waals surface area contributed by atoms with Gasteiger partial charge >= 0.3 is 12.1 Å². The molecule has 0 aliphatic heterocycles. The molecule has 5 atom stereocenters. The molecule has 0 amide bonds. The summed E-state index contributed by atoms with van der Waals surface area (Å²) in [6.45, 7) is 1.54. The van der Waals surface area contributed by atoms with Gasteiger partial charge in [0.25, 0.3) is 0 Å². The van der Waals surface area contributed by atoms with Crippen molar-refractivity contribution in [3.8, 4) is 0 Å². The number of allylic oxidation sites excluding steroid dienone is 2. The molecular weight excluding hydrogens is 339 g/mol. The molecule has 4 unspecified atom stereocenters. The number of halogens is 5. The quantitative estimate of drug-likeness (QED) is 0.715. The second-order valence-electron chi connectivity index (χ2n) is 5.98. The van der Waals surface area contributed by atoms with Crippen LogP contribution >= 0.6 is 0 Å². The molecule has 0 radical (unpaired) electrons. The van der Waals surface area contributed by atoms with Crippen LogP contribution in [0.3, 0.4) is 0 Å². The Balaban J connectivity index is 3.28. The summed E-state index contributed by atoms with van der Waals surface area (Å²) in [6, 6.07) is 0. The molecule has 2 N–H and O–H groups in total. The van der Waals surface area contributed by atoms with Crippen LogP contribution < -0.4 is 0 Å². The summed E-state index contributed by atoms with van der Waals surface area (Å²) in [5, 5.41) is 18.8. The fraction of sp³-hybridized carbons (Fsp3) is 0.667. The van der Waals surface area contributed by atoms with Gasteiger partial charge in [0.1, 0.15) is 6.10 Å². The van der Waals surface area contributed by atoms with Gasteiger partial charge in [-0.05, 0) is 24.8 Å². The van der Waals surface area contributed by atoms with Crippen molar-refractivity contribution in [2.75, 3.05) is 7.11 Å². The molecule has 0 fully saturated rings. The molecule has 0 saturated heterocycles. The molecule has 4 nitrogen and oxygen atoms in total. The maximum Gasteiger partial charge on any atom is 0.417 e. The first-order valence-corrected chi connectivity index (χ1v) is 7.11. The Morgan fingerprint density at radius 3 is 2.33 bits per heavy atom. The molecule has 1 aliphatic rings. The number of methoxy groups -OCH3 is 1. The van der Waals surface area contributed by atoms with E-state index in [1.165, 1.54) is 0 Å². The Hall–Kier alpha value is -1.48. The minimum atomic E-state index is -5.02. The number of alkyl halides is 3. The predicted molar refractivity (Wildman–Crippen MR) is 74.3 cm³/mol. The van der Waals surface area contributed by atoms with Gasteiger partial charge in [0.05, 0.1) is 0 Å². The van der Waals surface area contributed by atoms with Crippen LogP contribution in [0.25, 0.3) is 0 Å². The highest BCUT2D eigenvalue weighted by atomic mass is 19.4. The molecule has 0 aromatic rings. The summed E-state index contributed by atoms with van der Waals surface area (Å²) in [4.78, 5) is 11.1. The standard InChI is InChI=1S/C15H19F5O4/c1-7(14(2,23)15(18,19)20)9(6-11(21)22)8-4-5-10(16)12(17)13(8)24-3/h4-5,7-9,13,23H,6H2,1-3H3,(H,21,22)/t7?,8?,9?,13?,14-/m1/s1. The Bertz CT molecular complexity index is 538. The number of hydrogen-bond donors (Lipinski definition) is 2. The van der Waals surface area contributed by atoms with E-state index in [1.807, 2.05) is 0 Å². The molecular formula is C15H19F5O4. The van der Waals surface area contributed by atoms with Crippen molar-refractivity contribution in [3.05, 3.63) is 23.8 Å². The molecule has 138 valence electrons. The fourth-order valence-corrected chi connectivity index (χ4v) is 2.83. The van der Waals surface area contributed by atoms with Crippen LogP contribution in [0, 0.1) is 17.8 Å². The number of aliphatic hydroxyl groups is 1. The summed E-state index contributed by atoms with van der Waals surface area (Å²) < 4.78 is 71.3. The minimum Gasteiger partial charge on any atom is -0.481 e. The Morgan fingerprint density at radius 2 is 1.92 bits per heavy atom. The molecule has 0 aromatic heterocycles. The first-order chi connectivity index (χ1) is 10.8. The van der Waals surface area contributed by atoms with Crippen LogP contribution in [-0.2, 0) is 9.53 Å². The molecule has 0 saturated carbocycles. The Morgan fingerprint density at radius 1 is 1.38 bits per heavy atom. The van der Waals surface area contributed by atoms with Crippen LogP contribution in [0.5, 0.6) is 0 Å². The molecule has 0 aromatic carbocycles. The predicted octanol–water partition coefficient (Wildman–Crippen LogP) is 3.38. The van der Waals surface area contributed by atoms with Gasteiger partial charge in [-0.2, -0.15) is 13.2 Å². The van der Waals surface area contributed by atoms with E-state index in [-0.39, 0.29) is 0 Å². The van der Waals surface area contributed by atoms with Gasteiger partial charge in [0.2, 0.25) is 0 Å². The highest BCUT2D eigenvalue weighted by Crippen LogP contribution is 2.45. The van der Waals surface area contributed by atoms with Crippen molar-refractivity contribution in [3.63, 3.8) is 0 Å². The number of aliphatic carboxylic acids is 1. The largest absolute Gasteiger partial charge is 0.481 e. The molecule has 1 rings (SSSR count). The summed E-state index contributed by atoms with van der Waals surface area (Å²) in [5.74, 6) is -8.13. The number of ether oxygens (including phenoxy) is 1. The normalized spacial score (nSPS) is 26.9. The van der Waals surface area contributed by atoms with E-state index in [2.05, 4.69) is 0 Å². The lowest BCUT2D eigenvalue weighted by atomic mass is 9.69. The zero-order chi connectivity index (χ0) is 18.9. The van der Waals surface area contributed by atoms with Gasteiger partial charge in [0.15, 0.2) is 17.3 Å². The molecule has 1 aliphatic carbocycles. The Labute approximate surface area is 135 Å². The molecule has 0 spiro atoms. The van der Waals surface area contributed by atoms with Crippen molar-refractivity contribution in [2.24, 2.45) is 17.8 Å². The maximum atomic E-state index is 13.9. The average Bonchev–Trinajstić information content (AvgIpc) is 2.45. The van der Waals surface area contributed by atoms with E-state index in [0.29, 0.717) is 6.92 Å². The number of carboxylic acids is 1. The highest BCUT2D eigenvalue weighted by Gasteiger charge is 2.56. The number of carboxylic acid groups (broad SMARTS) is 1. The first kappa shape index (κ1) is 20.6. The highest BCUT2D eigenvalue weighted by molar-refractivity contribution is 5.67. The maximum absolute atomic E-state index is 13.9. The summed E-state index contributed by atoms with van der Waals surface area (Å²) >= 11 is 0. The van der Waals surface area contributed by atoms with Gasteiger partial charge in [-0.15, -0.1) is 0 Å². The third-order valence-corrected chi connectivity index (χ3v) is 4.55. The monoisotopic (exact) mass is 358 g/mol. The smallest absolute Gasteiger partial charge is 0.417 e. The van der Waals surface area contributed by atoms with E-state index < -0.39 is 59.7 Å². The SMILES string of the molecule is COC1C(F)=C(F)C=CC1C(CC(=O)O)C(C)[C@@](C)(O)C(F)(F)F. The van der Waals surface area contributed by atoms with Crippen LogP contribution in [0.1, 0.15) is 20.3 Å². The topological polar surface area (TPSA) is 66.8 Å². The van der Waals surface area contributed by atoms with Crippen molar-refractivity contribution < 1.29 is 41.7 Å². The van der Waals surface area contributed by atoms with Crippen molar-refractivity contribution >= 4 is 5.97 Å². The van der Waals surface area contributed by atoms with Gasteiger partial charge < -0.3 is 14.9 Å². The minimum absolute atomic E-state index is 0.521. The summed E-state index contributed by atoms with van der Waals surface area (Å²) in [6.07, 6.45) is -5.57. The number of rotatable bonds is 6. The van der Waals surface area contributed by atoms with E-state index in [9.17, 15) is 31.9 Å². The number of carbonyl (C=O) groups is 1. The fourth-order valence-electron chi connectivity index (χ4n) is 2.83. The molecule has 0 heterocycles. The molecule has 9 heteroatoms. The molecule has 24 heavy (non-hydrogen) atoms. The lowest BCUT2D eigenvalue weighted by Crippen LogP contribution is -2.52. The van der Waals surface area contributed by atoms with E-state index in [4.69, 9.17) is 9.84 Å². The summed E-state index contributed by atoms with van der Waals surface area (Å²) in [7, 11) is 1.04. The molecule has 0 bridgehead atoms. The second-order valence-corrected chi connectivity index (χ2v) is 5.98. The van der Waals surface area contributed by atoms with Gasteiger partial charge in [-0.1, -0.05) is 13.0 Å². The van der Waals surface area contributed by atoms with Crippen molar-refractivity contribution in [1.82, 2.24) is 0 Å². The second kappa shape index (κ2) is 7.18. The first-order valence-electron chi connectivity index (χ1n) is 7.11. The lowest BCUT2D eigenvalue weighted by Gasteiger charge is -2.41. The van der Waals surface area contributed by atoms with Crippen LogP contribution in [-0.4, -0.2) is 41.2 Å². The third-order valence-electron chi connectivity index (χ3n) is 4.55. The van der Waals surface area contributed by atoms with Crippen LogP contribution in [0.2, 0.25) is 0 Å². The van der Waals surface area contributed by atoms with E-state index >= 15 is 0 Å². The number of hydrogen-bond acceptors (Lipinski definition) is 3. The van der Waals surface area contributed by atoms with Crippen molar-refractivity contribution in [2.45, 2.75) is 38.1 Å². The summed E-state index contributed by atoms with van der Waals surface area (Å²) in [5.41, 5.74) is -3.21. The van der Waals surface area contributed by atoms with E-state index in [1.54, 1.807) is 0 Å². The third kappa shape index (κ3) is 3.94. The van der Waals surface area contributed by atoms with Gasteiger partial charge in [0, 0.05) is 19.4 Å². The van der Waals surface area contributed by atoms with Gasteiger partial charge in [-0.3, -0.25) is 4.79 Å². The lowest BCUT2D eigenvalue weighted by molar-refractivity contribution is -0.277. The van der Waals surface area contributed by atoms with Crippen molar-refractivity contribution in [1.29, 1.82) is 0 Å². The Kier molecular flexibility index (Phi) is 6.15. The van der Waals surface area contributed by atoms with Gasteiger partial charge in [-0.25, -0.2) is 8.78 Å². The average molecular weight is 358 g/mol. The van der Waals surface area contributed by atoms with Crippen LogP contribution in [0.15, 0.2) is 23.8 Å².